The molecule has 0 saturated carbocycles. The lowest BCUT2D eigenvalue weighted by Crippen LogP contribution is -2.29. The number of carbonyl (C=O) groups is 1. The summed E-state index contributed by atoms with van der Waals surface area (Å²) < 4.78 is 22.6. The van der Waals surface area contributed by atoms with E-state index in [1.807, 2.05) is 6.07 Å². The Balaban J connectivity index is 1.89. The standard InChI is InChI=1S/C13H14N2O3S/c14-7-10-1-3-12(4-2-10)13(16)15-8-11-5-6-19(17,18)9-11/h1-4,11H,5-6,8-9H2,(H,15,16)/t11-/m1/s1. The highest BCUT2D eigenvalue weighted by Crippen LogP contribution is 2.17. The van der Waals surface area contributed by atoms with Gasteiger partial charge in [0.25, 0.3) is 5.91 Å². The molecule has 1 fully saturated rings. The zero-order valence-electron chi connectivity index (χ0n) is 10.3. The van der Waals surface area contributed by atoms with E-state index >= 15 is 0 Å². The van der Waals surface area contributed by atoms with E-state index in [0.29, 0.717) is 24.1 Å². The lowest BCUT2D eigenvalue weighted by Gasteiger charge is -2.09. The first-order valence-electron chi connectivity index (χ1n) is 5.99. The van der Waals surface area contributed by atoms with Crippen molar-refractivity contribution in [3.63, 3.8) is 0 Å². The molecule has 0 unspecified atom stereocenters. The smallest absolute Gasteiger partial charge is 0.251 e. The highest BCUT2D eigenvalue weighted by molar-refractivity contribution is 7.91. The first-order valence-corrected chi connectivity index (χ1v) is 7.81. The van der Waals surface area contributed by atoms with Crippen LogP contribution in [0.25, 0.3) is 0 Å². The van der Waals surface area contributed by atoms with Gasteiger partial charge in [-0.15, -0.1) is 0 Å². The number of nitrogens with zero attached hydrogens (tertiary/aromatic N) is 1. The van der Waals surface area contributed by atoms with Crippen LogP contribution < -0.4 is 5.32 Å². The predicted octanol–water partition coefficient (Wildman–Crippen LogP) is 0.723. The monoisotopic (exact) mass is 278 g/mol. The number of carbonyl (C=O) groups excluding carboxylic acids is 1. The summed E-state index contributed by atoms with van der Waals surface area (Å²) in [6, 6.07) is 8.30. The van der Waals surface area contributed by atoms with Crippen molar-refractivity contribution in [2.75, 3.05) is 18.1 Å². The molecule has 5 nitrogen and oxygen atoms in total. The Morgan fingerprint density at radius 2 is 2.05 bits per heavy atom. The zero-order chi connectivity index (χ0) is 13.9. The van der Waals surface area contributed by atoms with Crippen LogP contribution in [0.15, 0.2) is 24.3 Å². The Bertz CT molecular complexity index is 614. The van der Waals surface area contributed by atoms with Crippen molar-refractivity contribution in [3.05, 3.63) is 35.4 Å². The number of amides is 1. The van der Waals surface area contributed by atoms with Crippen molar-refractivity contribution < 1.29 is 13.2 Å². The van der Waals surface area contributed by atoms with E-state index < -0.39 is 9.84 Å². The summed E-state index contributed by atoms with van der Waals surface area (Å²) in [5.74, 6) is 0.131. The number of sulfone groups is 1. The maximum Gasteiger partial charge on any atom is 0.251 e. The Morgan fingerprint density at radius 1 is 1.37 bits per heavy atom. The number of benzene rings is 1. The minimum Gasteiger partial charge on any atom is -0.352 e. The maximum atomic E-state index is 11.8. The van der Waals surface area contributed by atoms with Crippen LogP contribution in [-0.2, 0) is 9.84 Å². The third-order valence-corrected chi connectivity index (χ3v) is 4.99. The zero-order valence-corrected chi connectivity index (χ0v) is 11.1. The number of rotatable bonds is 3. The van der Waals surface area contributed by atoms with Crippen LogP contribution in [0.3, 0.4) is 0 Å². The molecule has 0 bridgehead atoms. The molecule has 6 heteroatoms. The normalized spacial score (nSPS) is 20.7. The summed E-state index contributed by atoms with van der Waals surface area (Å²) in [6.45, 7) is 0.373. The third kappa shape index (κ3) is 3.55. The summed E-state index contributed by atoms with van der Waals surface area (Å²) in [7, 11) is -2.90. The molecule has 0 radical (unpaired) electrons. The fourth-order valence-corrected chi connectivity index (χ4v) is 3.93. The van der Waals surface area contributed by atoms with E-state index in [1.54, 1.807) is 24.3 Å². The maximum absolute atomic E-state index is 11.8. The van der Waals surface area contributed by atoms with E-state index in [2.05, 4.69) is 5.32 Å². The highest BCUT2D eigenvalue weighted by Gasteiger charge is 2.27. The molecule has 1 atom stereocenters. The molecule has 100 valence electrons. The second-order valence-electron chi connectivity index (χ2n) is 4.67. The minimum atomic E-state index is -2.90. The molecular weight excluding hydrogens is 264 g/mol. The molecule has 19 heavy (non-hydrogen) atoms. The van der Waals surface area contributed by atoms with Gasteiger partial charge in [0, 0.05) is 12.1 Å². The van der Waals surface area contributed by atoms with Crippen molar-refractivity contribution in [3.8, 4) is 6.07 Å². The Labute approximate surface area is 112 Å². The SMILES string of the molecule is N#Cc1ccc(C(=O)NC[C@H]2CCS(=O)(=O)C2)cc1. The summed E-state index contributed by atoms with van der Waals surface area (Å²) in [5.41, 5.74) is 0.971. The third-order valence-electron chi connectivity index (χ3n) is 3.15. The Kier molecular flexibility index (Phi) is 3.86. The van der Waals surface area contributed by atoms with Gasteiger partial charge >= 0.3 is 0 Å². The number of nitrogens with one attached hydrogen (secondary N) is 1. The first-order chi connectivity index (χ1) is 9.00. The molecule has 1 N–H and O–H groups in total. The van der Waals surface area contributed by atoms with Crippen LogP contribution in [-0.4, -0.2) is 32.4 Å². The summed E-state index contributed by atoms with van der Waals surface area (Å²) in [4.78, 5) is 11.8. The van der Waals surface area contributed by atoms with Gasteiger partial charge in [0.2, 0.25) is 0 Å². The first kappa shape index (κ1) is 13.6. The van der Waals surface area contributed by atoms with Crippen molar-refractivity contribution in [1.82, 2.24) is 5.32 Å². The van der Waals surface area contributed by atoms with E-state index in [4.69, 9.17) is 5.26 Å². The molecule has 1 aromatic rings. The van der Waals surface area contributed by atoms with Gasteiger partial charge in [-0.2, -0.15) is 5.26 Å². The van der Waals surface area contributed by atoms with Crippen molar-refractivity contribution >= 4 is 15.7 Å². The van der Waals surface area contributed by atoms with E-state index in [0.717, 1.165) is 0 Å². The molecule has 1 aliphatic rings. The van der Waals surface area contributed by atoms with Crippen molar-refractivity contribution in [2.24, 2.45) is 5.92 Å². The summed E-state index contributed by atoms with van der Waals surface area (Å²) >= 11 is 0. The molecule has 1 amide bonds. The van der Waals surface area contributed by atoms with Crippen LogP contribution in [0.2, 0.25) is 0 Å². The predicted molar refractivity (Wildman–Crippen MR) is 70.3 cm³/mol. The molecule has 1 aliphatic heterocycles. The van der Waals surface area contributed by atoms with Gasteiger partial charge in [0.05, 0.1) is 23.1 Å². The van der Waals surface area contributed by atoms with Gasteiger partial charge in [-0.3, -0.25) is 4.79 Å². The van der Waals surface area contributed by atoms with Gasteiger partial charge in [0.15, 0.2) is 9.84 Å². The van der Waals surface area contributed by atoms with Crippen LogP contribution in [0.5, 0.6) is 0 Å². The number of nitriles is 1. The Morgan fingerprint density at radius 3 is 2.58 bits per heavy atom. The van der Waals surface area contributed by atoms with Gasteiger partial charge in [-0.05, 0) is 36.6 Å². The second-order valence-corrected chi connectivity index (χ2v) is 6.90. The second kappa shape index (κ2) is 5.41. The van der Waals surface area contributed by atoms with Gasteiger partial charge in [0.1, 0.15) is 0 Å². The average molecular weight is 278 g/mol. The fraction of sp³-hybridized carbons (Fsp3) is 0.385. The quantitative estimate of drug-likeness (QED) is 0.882. The molecule has 1 heterocycles. The van der Waals surface area contributed by atoms with Crippen LogP contribution in [0.4, 0.5) is 0 Å². The summed E-state index contributed by atoms with van der Waals surface area (Å²) in [5, 5.41) is 11.4. The molecular formula is C13H14N2O3S. The van der Waals surface area contributed by atoms with Crippen LogP contribution in [0.1, 0.15) is 22.3 Å². The molecule has 0 aromatic heterocycles. The lowest BCUT2D eigenvalue weighted by atomic mass is 10.1. The largest absolute Gasteiger partial charge is 0.352 e. The van der Waals surface area contributed by atoms with Gasteiger partial charge in [-0.25, -0.2) is 8.42 Å². The molecule has 2 rings (SSSR count). The van der Waals surface area contributed by atoms with Crippen molar-refractivity contribution in [2.45, 2.75) is 6.42 Å². The van der Waals surface area contributed by atoms with Crippen molar-refractivity contribution in [1.29, 1.82) is 5.26 Å². The number of hydrogen-bond donors (Lipinski definition) is 1. The minimum absolute atomic E-state index is 0.00679. The highest BCUT2D eigenvalue weighted by atomic mass is 32.2. The van der Waals surface area contributed by atoms with Crippen LogP contribution in [0, 0.1) is 17.2 Å². The Hall–Kier alpha value is -1.87. The van der Waals surface area contributed by atoms with E-state index in [9.17, 15) is 13.2 Å². The fourth-order valence-electron chi connectivity index (χ4n) is 2.07. The molecule has 0 spiro atoms. The molecule has 1 aromatic carbocycles. The van der Waals surface area contributed by atoms with Gasteiger partial charge < -0.3 is 5.32 Å². The molecule has 0 aliphatic carbocycles. The van der Waals surface area contributed by atoms with E-state index in [1.165, 1.54) is 0 Å². The van der Waals surface area contributed by atoms with Crippen LogP contribution >= 0.6 is 0 Å². The topological polar surface area (TPSA) is 87.0 Å². The number of hydrogen-bond acceptors (Lipinski definition) is 4. The van der Waals surface area contributed by atoms with Gasteiger partial charge in [-0.1, -0.05) is 0 Å². The molecule has 1 saturated heterocycles. The summed E-state index contributed by atoms with van der Waals surface area (Å²) in [6.07, 6.45) is 0.607. The lowest BCUT2D eigenvalue weighted by molar-refractivity contribution is 0.0948. The van der Waals surface area contributed by atoms with E-state index in [-0.39, 0.29) is 23.3 Å². The average Bonchev–Trinajstić information content (AvgIpc) is 2.76.